The Balaban J connectivity index is 2.04. The Morgan fingerprint density at radius 2 is 1.48 bits per heavy atom. The first kappa shape index (κ1) is 19.6. The minimum absolute atomic E-state index is 0.0482. The molecule has 0 saturated carbocycles. The number of aliphatic hydroxyl groups excluding tert-OH is 1. The molecule has 0 heterocycles. The van der Waals surface area contributed by atoms with E-state index >= 15 is 0 Å². The first-order valence-electron chi connectivity index (χ1n) is 7.93. The molecule has 1 N–H and O–H groups in total. The summed E-state index contributed by atoms with van der Waals surface area (Å²) in [5.74, 6) is 0.867. The largest absolute Gasteiger partial charge is 0.497 e. The summed E-state index contributed by atoms with van der Waals surface area (Å²) in [4.78, 5) is 0. The van der Waals surface area contributed by atoms with Gasteiger partial charge >= 0.3 is 0 Å². The van der Waals surface area contributed by atoms with Crippen LogP contribution in [-0.4, -0.2) is 58.5 Å². The molecular formula is C18H28O5. The van der Waals surface area contributed by atoms with Crippen LogP contribution in [-0.2, 0) is 14.2 Å². The summed E-state index contributed by atoms with van der Waals surface area (Å²) in [6, 6.07) is 8.03. The van der Waals surface area contributed by atoms with Gasteiger partial charge in [-0.25, -0.2) is 0 Å². The minimum atomic E-state index is 0.0482. The summed E-state index contributed by atoms with van der Waals surface area (Å²) in [7, 11) is 1.67. The molecule has 0 amide bonds. The van der Waals surface area contributed by atoms with Crippen molar-refractivity contribution in [1.82, 2.24) is 0 Å². The topological polar surface area (TPSA) is 57.2 Å². The van der Waals surface area contributed by atoms with Crippen molar-refractivity contribution in [2.24, 2.45) is 0 Å². The van der Waals surface area contributed by atoms with Crippen molar-refractivity contribution in [3.8, 4) is 5.75 Å². The van der Waals surface area contributed by atoms with Gasteiger partial charge in [0.15, 0.2) is 0 Å². The molecule has 0 aliphatic heterocycles. The monoisotopic (exact) mass is 324 g/mol. The average molecular weight is 324 g/mol. The number of hydrogen-bond acceptors (Lipinski definition) is 5. The van der Waals surface area contributed by atoms with Crippen LogP contribution in [0.3, 0.4) is 0 Å². The molecule has 0 aliphatic rings. The van der Waals surface area contributed by atoms with E-state index in [0.717, 1.165) is 12.2 Å². The maximum atomic E-state index is 8.53. The Bertz CT molecular complexity index is 428. The fourth-order valence-electron chi connectivity index (χ4n) is 1.94. The molecule has 130 valence electrons. The molecule has 1 aromatic carbocycles. The molecule has 0 bridgehead atoms. The van der Waals surface area contributed by atoms with Crippen LogP contribution in [0, 0.1) is 0 Å². The van der Waals surface area contributed by atoms with Crippen molar-refractivity contribution in [3.63, 3.8) is 0 Å². The van der Waals surface area contributed by atoms with E-state index in [1.165, 1.54) is 11.1 Å². The second-order valence-corrected chi connectivity index (χ2v) is 4.97. The van der Waals surface area contributed by atoms with E-state index < -0.39 is 0 Å². The summed E-state index contributed by atoms with van der Waals surface area (Å²) < 4.78 is 21.1. The van der Waals surface area contributed by atoms with Gasteiger partial charge < -0.3 is 24.1 Å². The lowest BCUT2D eigenvalue weighted by Gasteiger charge is -2.06. The Morgan fingerprint density at radius 1 is 0.913 bits per heavy atom. The molecule has 0 spiro atoms. The average Bonchev–Trinajstić information content (AvgIpc) is 2.59. The van der Waals surface area contributed by atoms with Crippen molar-refractivity contribution >= 4 is 5.57 Å². The fraction of sp³-hybridized carbons (Fsp3) is 0.556. The fourth-order valence-corrected chi connectivity index (χ4v) is 1.94. The number of ether oxygens (including phenoxy) is 4. The molecule has 0 unspecified atom stereocenters. The maximum absolute atomic E-state index is 8.53. The number of aliphatic hydroxyl groups is 1. The Hall–Kier alpha value is -1.40. The first-order chi connectivity index (χ1) is 11.3. The van der Waals surface area contributed by atoms with Gasteiger partial charge in [-0.15, -0.1) is 0 Å². The standard InChI is InChI=1S/C18H28O5/c1-16(17-5-7-18(20-2)8-6-17)4-3-10-21-12-14-23-15-13-22-11-9-19/h4-8,19H,3,9-15H2,1-2H3/b16-4+. The molecule has 5 nitrogen and oxygen atoms in total. The van der Waals surface area contributed by atoms with Crippen LogP contribution in [0.2, 0.25) is 0 Å². The maximum Gasteiger partial charge on any atom is 0.118 e. The molecule has 23 heavy (non-hydrogen) atoms. The van der Waals surface area contributed by atoms with Gasteiger partial charge in [-0.2, -0.15) is 0 Å². The lowest BCUT2D eigenvalue weighted by molar-refractivity contribution is 0.00839. The third-order valence-corrected chi connectivity index (χ3v) is 3.24. The van der Waals surface area contributed by atoms with Gasteiger partial charge in [-0.1, -0.05) is 18.2 Å². The lowest BCUT2D eigenvalue weighted by atomic mass is 10.1. The normalized spacial score (nSPS) is 11.7. The van der Waals surface area contributed by atoms with E-state index in [2.05, 4.69) is 25.1 Å². The summed E-state index contributed by atoms with van der Waals surface area (Å²) in [5, 5.41) is 8.53. The molecule has 1 aromatic rings. The summed E-state index contributed by atoms with van der Waals surface area (Å²) in [6.45, 7) is 5.35. The first-order valence-corrected chi connectivity index (χ1v) is 7.93. The zero-order valence-electron chi connectivity index (χ0n) is 14.1. The number of methoxy groups -OCH3 is 1. The summed E-state index contributed by atoms with van der Waals surface area (Å²) in [6.07, 6.45) is 3.04. The number of hydrogen-bond donors (Lipinski definition) is 1. The highest BCUT2D eigenvalue weighted by atomic mass is 16.5. The summed E-state index contributed by atoms with van der Waals surface area (Å²) in [5.41, 5.74) is 2.42. The van der Waals surface area contributed by atoms with Gasteiger partial charge in [-0.05, 0) is 36.6 Å². The van der Waals surface area contributed by atoms with Crippen LogP contribution >= 0.6 is 0 Å². The Kier molecular flexibility index (Phi) is 11.2. The quantitative estimate of drug-likeness (QED) is 0.565. The van der Waals surface area contributed by atoms with Crippen LogP contribution in [0.15, 0.2) is 30.3 Å². The predicted octanol–water partition coefficient (Wildman–Crippen LogP) is 2.53. The van der Waals surface area contributed by atoms with Crippen molar-refractivity contribution < 1.29 is 24.1 Å². The van der Waals surface area contributed by atoms with E-state index in [9.17, 15) is 0 Å². The van der Waals surface area contributed by atoms with Crippen molar-refractivity contribution in [2.75, 3.05) is 53.4 Å². The molecular weight excluding hydrogens is 296 g/mol. The third kappa shape index (κ3) is 9.36. The van der Waals surface area contributed by atoms with Gasteiger partial charge in [0.25, 0.3) is 0 Å². The molecule has 0 aromatic heterocycles. The minimum Gasteiger partial charge on any atom is -0.497 e. The smallest absolute Gasteiger partial charge is 0.118 e. The Morgan fingerprint density at radius 3 is 2.04 bits per heavy atom. The SMILES string of the molecule is COc1ccc(/C(C)=C/CCOCCOCCOCCO)cc1. The van der Waals surface area contributed by atoms with Crippen LogP contribution < -0.4 is 4.74 Å². The van der Waals surface area contributed by atoms with Gasteiger partial charge in [-0.3, -0.25) is 0 Å². The third-order valence-electron chi connectivity index (χ3n) is 3.24. The number of benzene rings is 1. The van der Waals surface area contributed by atoms with E-state index in [-0.39, 0.29) is 6.61 Å². The zero-order valence-corrected chi connectivity index (χ0v) is 14.1. The summed E-state index contributed by atoms with van der Waals surface area (Å²) >= 11 is 0. The van der Waals surface area contributed by atoms with Gasteiger partial charge in [0, 0.05) is 0 Å². The van der Waals surface area contributed by atoms with Crippen molar-refractivity contribution in [3.05, 3.63) is 35.9 Å². The zero-order chi connectivity index (χ0) is 16.8. The molecule has 0 fully saturated rings. The van der Waals surface area contributed by atoms with Crippen LogP contribution in [0.1, 0.15) is 18.9 Å². The van der Waals surface area contributed by atoms with E-state index in [4.69, 9.17) is 24.1 Å². The van der Waals surface area contributed by atoms with E-state index in [0.29, 0.717) is 39.6 Å². The second kappa shape index (κ2) is 13.1. The highest BCUT2D eigenvalue weighted by Gasteiger charge is 1.97. The molecule has 0 aliphatic carbocycles. The van der Waals surface area contributed by atoms with Crippen molar-refractivity contribution in [2.45, 2.75) is 13.3 Å². The predicted molar refractivity (Wildman–Crippen MR) is 90.8 cm³/mol. The highest BCUT2D eigenvalue weighted by Crippen LogP contribution is 2.18. The van der Waals surface area contributed by atoms with Gasteiger partial charge in [0.2, 0.25) is 0 Å². The Labute approximate surface area is 138 Å². The van der Waals surface area contributed by atoms with Crippen LogP contribution in [0.4, 0.5) is 0 Å². The second-order valence-electron chi connectivity index (χ2n) is 4.97. The lowest BCUT2D eigenvalue weighted by Crippen LogP contribution is -2.11. The molecule has 0 radical (unpaired) electrons. The van der Waals surface area contributed by atoms with E-state index in [1.54, 1.807) is 7.11 Å². The van der Waals surface area contributed by atoms with Crippen LogP contribution in [0.5, 0.6) is 5.75 Å². The molecule has 5 heteroatoms. The molecule has 0 saturated heterocycles. The van der Waals surface area contributed by atoms with Crippen molar-refractivity contribution in [1.29, 1.82) is 0 Å². The number of rotatable bonds is 13. The van der Waals surface area contributed by atoms with Crippen LogP contribution in [0.25, 0.3) is 5.57 Å². The number of allylic oxidation sites excluding steroid dienone is 1. The van der Waals surface area contributed by atoms with E-state index in [1.807, 2.05) is 12.1 Å². The highest BCUT2D eigenvalue weighted by molar-refractivity contribution is 5.64. The van der Waals surface area contributed by atoms with Gasteiger partial charge in [0.05, 0.1) is 53.4 Å². The molecule has 1 rings (SSSR count). The van der Waals surface area contributed by atoms with Gasteiger partial charge in [0.1, 0.15) is 5.75 Å². The molecule has 0 atom stereocenters.